The molecule has 1 fully saturated rings. The molecule has 1 aromatic carbocycles. The average Bonchev–Trinajstić information content (AvgIpc) is 2.75. The summed E-state index contributed by atoms with van der Waals surface area (Å²) < 4.78 is 49.3. The zero-order valence-electron chi connectivity index (χ0n) is 18.9. The number of nitrogens with zero attached hydrogens (tertiary/aromatic N) is 2. The van der Waals surface area contributed by atoms with Gasteiger partial charge in [-0.3, -0.25) is 0 Å². The van der Waals surface area contributed by atoms with Crippen LogP contribution < -0.4 is 4.74 Å². The van der Waals surface area contributed by atoms with Crippen LogP contribution in [0.1, 0.15) is 51.0 Å². The fourth-order valence-corrected chi connectivity index (χ4v) is 3.95. The summed E-state index contributed by atoms with van der Waals surface area (Å²) in [4.78, 5) is 16.3. The number of unbranched alkanes of at least 4 members (excludes halogenated alkanes) is 1. The molecule has 1 saturated carbocycles. The normalized spacial score (nSPS) is 19.2. The van der Waals surface area contributed by atoms with Crippen LogP contribution in [0, 0.1) is 0 Å². The molecule has 182 valence electrons. The lowest BCUT2D eigenvalue weighted by Gasteiger charge is -2.35. The number of rotatable bonds is 11. The summed E-state index contributed by atoms with van der Waals surface area (Å²) in [5.74, 6) is 0.100. The Bertz CT molecular complexity index is 677. The van der Waals surface area contributed by atoms with Gasteiger partial charge < -0.3 is 24.4 Å². The molecule has 0 saturated heterocycles. The first-order valence-electron chi connectivity index (χ1n) is 11.3. The number of halogens is 3. The highest BCUT2D eigenvalue weighted by Crippen LogP contribution is 2.31. The molecule has 0 aliphatic heterocycles. The maximum absolute atomic E-state index is 12.7. The third-order valence-electron chi connectivity index (χ3n) is 5.82. The summed E-state index contributed by atoms with van der Waals surface area (Å²) in [7, 11) is 1.99. The summed E-state index contributed by atoms with van der Waals surface area (Å²) in [5, 5.41) is 8.90. The predicted molar refractivity (Wildman–Crippen MR) is 116 cm³/mol. The van der Waals surface area contributed by atoms with Crippen LogP contribution in [-0.2, 0) is 10.9 Å². The number of hydrogen-bond donors (Lipinski definition) is 1. The van der Waals surface area contributed by atoms with Crippen molar-refractivity contribution in [1.29, 1.82) is 0 Å². The van der Waals surface area contributed by atoms with Gasteiger partial charge >= 0.3 is 12.3 Å². The quantitative estimate of drug-likeness (QED) is 0.491. The van der Waals surface area contributed by atoms with Gasteiger partial charge in [0.05, 0.1) is 18.3 Å². The SMILES string of the molecule is CCN(C(=O)Oc1ccc(C(F)(F)F)cc1)C1CCC(OCCCCN(C)CCO)CC1. The monoisotopic (exact) mass is 460 g/mol. The van der Waals surface area contributed by atoms with Gasteiger partial charge in [0.15, 0.2) is 0 Å². The zero-order chi connectivity index (χ0) is 23.6. The number of ether oxygens (including phenoxy) is 2. The van der Waals surface area contributed by atoms with Gasteiger partial charge in [-0.15, -0.1) is 0 Å². The highest BCUT2D eigenvalue weighted by molar-refractivity contribution is 5.71. The molecule has 0 radical (unpaired) electrons. The molecule has 0 aromatic heterocycles. The number of amides is 1. The van der Waals surface area contributed by atoms with Crippen LogP contribution in [0.3, 0.4) is 0 Å². The van der Waals surface area contributed by atoms with E-state index < -0.39 is 17.8 Å². The van der Waals surface area contributed by atoms with Gasteiger partial charge in [-0.1, -0.05) is 0 Å². The Hall–Kier alpha value is -1.84. The van der Waals surface area contributed by atoms with Gasteiger partial charge in [-0.25, -0.2) is 4.79 Å². The van der Waals surface area contributed by atoms with Crippen LogP contribution in [0.25, 0.3) is 0 Å². The van der Waals surface area contributed by atoms with Crippen molar-refractivity contribution in [2.75, 3.05) is 39.9 Å². The van der Waals surface area contributed by atoms with Crippen LogP contribution in [0.5, 0.6) is 5.75 Å². The first-order valence-corrected chi connectivity index (χ1v) is 11.3. The van der Waals surface area contributed by atoms with E-state index in [1.807, 2.05) is 14.0 Å². The number of hydrogen-bond acceptors (Lipinski definition) is 5. The second-order valence-electron chi connectivity index (χ2n) is 8.21. The van der Waals surface area contributed by atoms with E-state index >= 15 is 0 Å². The number of carbonyl (C=O) groups excluding carboxylic acids is 1. The Morgan fingerprint density at radius 1 is 1.09 bits per heavy atom. The van der Waals surface area contributed by atoms with Crippen LogP contribution in [0.4, 0.5) is 18.0 Å². The Labute approximate surface area is 188 Å². The minimum absolute atomic E-state index is 0.0360. The standard InChI is InChI=1S/C23H35F3N2O4/c1-3-28(22(30)32-21-10-6-18(7-11-21)23(24,25)26)19-8-12-20(13-9-19)31-17-5-4-14-27(2)15-16-29/h6-7,10-11,19-20,29H,3-5,8-9,12-17H2,1-2H3. The minimum atomic E-state index is -4.42. The first-order chi connectivity index (χ1) is 15.2. The van der Waals surface area contributed by atoms with Gasteiger partial charge in [-0.2, -0.15) is 13.2 Å². The maximum Gasteiger partial charge on any atom is 0.416 e. The molecular weight excluding hydrogens is 425 g/mol. The molecule has 6 nitrogen and oxygen atoms in total. The second-order valence-corrected chi connectivity index (χ2v) is 8.21. The molecule has 1 aliphatic rings. The molecule has 1 amide bonds. The molecule has 0 bridgehead atoms. The number of aliphatic hydroxyl groups excluding tert-OH is 1. The van der Waals surface area contributed by atoms with E-state index in [1.54, 1.807) is 4.90 Å². The van der Waals surface area contributed by atoms with Gasteiger partial charge in [0.25, 0.3) is 0 Å². The van der Waals surface area contributed by atoms with E-state index in [0.29, 0.717) is 19.7 Å². The molecule has 0 atom stereocenters. The summed E-state index contributed by atoms with van der Waals surface area (Å²) in [6, 6.07) is 4.19. The highest BCUT2D eigenvalue weighted by atomic mass is 19.4. The fraction of sp³-hybridized carbons (Fsp3) is 0.696. The minimum Gasteiger partial charge on any atom is -0.410 e. The fourth-order valence-electron chi connectivity index (χ4n) is 3.95. The van der Waals surface area contributed by atoms with Crippen molar-refractivity contribution in [2.45, 2.75) is 63.8 Å². The van der Waals surface area contributed by atoms with E-state index in [1.165, 1.54) is 12.1 Å². The molecule has 1 aliphatic carbocycles. The van der Waals surface area contributed by atoms with Crippen molar-refractivity contribution >= 4 is 6.09 Å². The van der Waals surface area contributed by atoms with Gasteiger partial charge in [0.2, 0.25) is 0 Å². The van der Waals surface area contributed by atoms with Crippen LogP contribution in [0.2, 0.25) is 0 Å². The molecule has 32 heavy (non-hydrogen) atoms. The first kappa shape index (κ1) is 26.4. The number of aliphatic hydroxyl groups is 1. The summed E-state index contributed by atoms with van der Waals surface area (Å²) >= 11 is 0. The van der Waals surface area contributed by atoms with Crippen molar-refractivity contribution in [3.05, 3.63) is 29.8 Å². The Morgan fingerprint density at radius 2 is 1.75 bits per heavy atom. The van der Waals surface area contributed by atoms with E-state index in [9.17, 15) is 18.0 Å². The van der Waals surface area contributed by atoms with Gasteiger partial charge in [-0.05, 0) is 83.3 Å². The average molecular weight is 461 g/mol. The Balaban J connectivity index is 1.72. The number of carbonyl (C=O) groups is 1. The molecule has 0 heterocycles. The zero-order valence-corrected chi connectivity index (χ0v) is 18.9. The van der Waals surface area contributed by atoms with Crippen molar-refractivity contribution < 1.29 is 32.5 Å². The summed E-state index contributed by atoms with van der Waals surface area (Å²) in [6.07, 6.45) is 0.545. The number of benzene rings is 1. The molecular formula is C23H35F3N2O4. The van der Waals surface area contributed by atoms with Crippen molar-refractivity contribution in [3.63, 3.8) is 0 Å². The third kappa shape index (κ3) is 8.60. The highest BCUT2D eigenvalue weighted by Gasteiger charge is 2.31. The van der Waals surface area contributed by atoms with E-state index in [2.05, 4.69) is 4.90 Å². The maximum atomic E-state index is 12.7. The van der Waals surface area contributed by atoms with Crippen LogP contribution >= 0.6 is 0 Å². The topological polar surface area (TPSA) is 62.2 Å². The number of alkyl halides is 3. The predicted octanol–water partition coefficient (Wildman–Crippen LogP) is 4.56. The van der Waals surface area contributed by atoms with E-state index in [4.69, 9.17) is 14.6 Å². The van der Waals surface area contributed by atoms with Gasteiger partial charge in [0, 0.05) is 25.7 Å². The smallest absolute Gasteiger partial charge is 0.410 e. The lowest BCUT2D eigenvalue weighted by molar-refractivity contribution is -0.137. The molecule has 9 heteroatoms. The second kappa shape index (κ2) is 13.0. The van der Waals surface area contributed by atoms with Crippen molar-refractivity contribution in [1.82, 2.24) is 9.80 Å². The molecule has 0 spiro atoms. The third-order valence-corrected chi connectivity index (χ3v) is 5.82. The van der Waals surface area contributed by atoms with Crippen molar-refractivity contribution in [2.24, 2.45) is 0 Å². The largest absolute Gasteiger partial charge is 0.416 e. The molecule has 0 unspecified atom stereocenters. The lowest BCUT2D eigenvalue weighted by atomic mass is 9.92. The van der Waals surface area contributed by atoms with Crippen LogP contribution in [0.15, 0.2) is 24.3 Å². The van der Waals surface area contributed by atoms with Crippen LogP contribution in [-0.4, -0.2) is 73.0 Å². The Kier molecular flexibility index (Phi) is 10.7. The van der Waals surface area contributed by atoms with E-state index in [-0.39, 0.29) is 24.5 Å². The molecule has 1 N–H and O–H groups in total. The van der Waals surface area contributed by atoms with E-state index in [0.717, 1.165) is 57.2 Å². The summed E-state index contributed by atoms with van der Waals surface area (Å²) in [5.41, 5.74) is -0.778. The van der Waals surface area contributed by atoms with Gasteiger partial charge in [0.1, 0.15) is 5.75 Å². The number of likely N-dealkylation sites (N-methyl/N-ethyl adjacent to an activating group) is 1. The molecule has 2 rings (SSSR count). The lowest BCUT2D eigenvalue weighted by Crippen LogP contribution is -2.44. The molecule has 1 aromatic rings. The summed E-state index contributed by atoms with van der Waals surface area (Å²) in [6.45, 7) is 4.82. The van der Waals surface area contributed by atoms with Crippen molar-refractivity contribution in [3.8, 4) is 5.75 Å². The Morgan fingerprint density at radius 3 is 2.31 bits per heavy atom.